The Bertz CT molecular complexity index is 908. The molecule has 3 rings (SSSR count). The van der Waals surface area contributed by atoms with Gasteiger partial charge in [0.15, 0.2) is 9.84 Å². The molecule has 1 atom stereocenters. The van der Waals surface area contributed by atoms with E-state index < -0.39 is 9.84 Å². The maximum Gasteiger partial charge on any atom is 0.270 e. The van der Waals surface area contributed by atoms with Crippen LogP contribution in [0.4, 0.5) is 5.69 Å². The Balaban J connectivity index is 1.89. The second-order valence-electron chi connectivity index (χ2n) is 7.19. The summed E-state index contributed by atoms with van der Waals surface area (Å²) in [5, 5.41) is 5.69. The Morgan fingerprint density at radius 1 is 1.30 bits per heavy atom. The van der Waals surface area contributed by atoms with Gasteiger partial charge in [-0.3, -0.25) is 9.59 Å². The molecule has 2 heterocycles. The molecule has 0 aromatic heterocycles. The van der Waals surface area contributed by atoms with Crippen LogP contribution in [-0.4, -0.2) is 54.9 Å². The molecule has 1 fully saturated rings. The molecule has 0 saturated carbocycles. The highest BCUT2D eigenvalue weighted by Crippen LogP contribution is 2.26. The summed E-state index contributed by atoms with van der Waals surface area (Å²) in [4.78, 5) is 27.0. The van der Waals surface area contributed by atoms with Crippen molar-refractivity contribution >= 4 is 33.1 Å². The van der Waals surface area contributed by atoms with E-state index in [0.717, 1.165) is 11.1 Å². The number of carbonyl (C=O) groups excluding carboxylic acids is 2. The number of benzene rings is 1. The van der Waals surface area contributed by atoms with Crippen molar-refractivity contribution in [3.63, 3.8) is 0 Å². The third-order valence-corrected chi connectivity index (χ3v) is 6.87. The maximum atomic E-state index is 13.0. The van der Waals surface area contributed by atoms with Crippen molar-refractivity contribution in [3.8, 4) is 0 Å². The van der Waals surface area contributed by atoms with Gasteiger partial charge < -0.3 is 4.90 Å². The Morgan fingerprint density at radius 3 is 2.67 bits per heavy atom. The van der Waals surface area contributed by atoms with Crippen molar-refractivity contribution in [1.82, 2.24) is 4.90 Å². The Kier molecular flexibility index (Phi) is 5.37. The van der Waals surface area contributed by atoms with E-state index in [4.69, 9.17) is 0 Å². The summed E-state index contributed by atoms with van der Waals surface area (Å²) in [5.41, 5.74) is 2.89. The van der Waals surface area contributed by atoms with Gasteiger partial charge in [-0.25, -0.2) is 13.4 Å². The van der Waals surface area contributed by atoms with Crippen molar-refractivity contribution in [2.45, 2.75) is 46.1 Å². The number of amides is 2. The smallest absolute Gasteiger partial charge is 0.270 e. The molecule has 146 valence electrons. The fourth-order valence-corrected chi connectivity index (χ4v) is 5.33. The first-order valence-electron chi connectivity index (χ1n) is 9.21. The topological polar surface area (TPSA) is 87.1 Å². The van der Waals surface area contributed by atoms with Crippen LogP contribution >= 0.6 is 0 Å². The molecule has 0 radical (unpaired) electrons. The van der Waals surface area contributed by atoms with E-state index in [9.17, 15) is 18.0 Å². The zero-order chi connectivity index (χ0) is 19.8. The van der Waals surface area contributed by atoms with Gasteiger partial charge >= 0.3 is 0 Å². The summed E-state index contributed by atoms with van der Waals surface area (Å²) in [6.45, 7) is 6.08. The Labute approximate surface area is 159 Å². The molecule has 27 heavy (non-hydrogen) atoms. The van der Waals surface area contributed by atoms with E-state index in [-0.39, 0.29) is 42.2 Å². The van der Waals surface area contributed by atoms with Gasteiger partial charge in [0.25, 0.3) is 5.91 Å². The molecule has 0 aliphatic carbocycles. The molecule has 1 aromatic rings. The quantitative estimate of drug-likeness (QED) is 0.783. The number of hydrazone groups is 1. The fraction of sp³-hybridized carbons (Fsp3) is 0.526. The highest BCUT2D eigenvalue weighted by Gasteiger charge is 2.36. The molecule has 2 aliphatic heterocycles. The van der Waals surface area contributed by atoms with Gasteiger partial charge in [-0.15, -0.1) is 0 Å². The molecule has 0 spiro atoms. The normalized spacial score (nSPS) is 21.9. The fourth-order valence-electron chi connectivity index (χ4n) is 3.60. The van der Waals surface area contributed by atoms with Crippen molar-refractivity contribution in [2.24, 2.45) is 5.10 Å². The number of aryl methyl sites for hydroxylation is 2. The van der Waals surface area contributed by atoms with Crippen LogP contribution in [0.2, 0.25) is 0 Å². The van der Waals surface area contributed by atoms with Gasteiger partial charge in [-0.05, 0) is 44.4 Å². The predicted molar refractivity (Wildman–Crippen MR) is 105 cm³/mol. The minimum atomic E-state index is -3.09. The summed E-state index contributed by atoms with van der Waals surface area (Å²) in [6.07, 6.45) is 0.933. The van der Waals surface area contributed by atoms with Gasteiger partial charge in [0.2, 0.25) is 5.91 Å². The summed E-state index contributed by atoms with van der Waals surface area (Å²) >= 11 is 0. The zero-order valence-corrected chi connectivity index (χ0v) is 16.8. The van der Waals surface area contributed by atoms with Crippen LogP contribution in [0.25, 0.3) is 0 Å². The number of carbonyl (C=O) groups is 2. The predicted octanol–water partition coefficient (Wildman–Crippen LogP) is 1.82. The van der Waals surface area contributed by atoms with Crippen LogP contribution in [0.15, 0.2) is 23.3 Å². The lowest BCUT2D eigenvalue weighted by atomic mass is 10.1. The number of anilines is 1. The molecule has 8 heteroatoms. The van der Waals surface area contributed by atoms with Crippen LogP contribution in [0.3, 0.4) is 0 Å². The van der Waals surface area contributed by atoms with Gasteiger partial charge in [0, 0.05) is 25.4 Å². The highest BCUT2D eigenvalue weighted by atomic mass is 32.2. The molecule has 0 unspecified atom stereocenters. The molecule has 1 aromatic carbocycles. The zero-order valence-electron chi connectivity index (χ0n) is 15.9. The molecule has 2 amide bonds. The first-order chi connectivity index (χ1) is 12.7. The highest BCUT2D eigenvalue weighted by molar-refractivity contribution is 7.91. The van der Waals surface area contributed by atoms with Crippen molar-refractivity contribution < 1.29 is 18.0 Å². The number of hydrogen-bond donors (Lipinski definition) is 0. The second kappa shape index (κ2) is 7.42. The largest absolute Gasteiger partial charge is 0.334 e. The number of sulfone groups is 1. The number of hydrogen-bond acceptors (Lipinski definition) is 5. The summed E-state index contributed by atoms with van der Waals surface area (Å²) in [7, 11) is -3.09. The van der Waals surface area contributed by atoms with E-state index in [1.54, 1.807) is 4.90 Å². The van der Waals surface area contributed by atoms with Gasteiger partial charge in [0.1, 0.15) is 5.71 Å². The van der Waals surface area contributed by atoms with E-state index in [1.165, 1.54) is 5.01 Å². The Morgan fingerprint density at radius 2 is 2.04 bits per heavy atom. The van der Waals surface area contributed by atoms with E-state index in [2.05, 4.69) is 5.10 Å². The Hall–Kier alpha value is -2.22. The lowest BCUT2D eigenvalue weighted by Crippen LogP contribution is -2.46. The second-order valence-corrected chi connectivity index (χ2v) is 9.42. The first-order valence-corrected chi connectivity index (χ1v) is 11.0. The third-order valence-electron chi connectivity index (χ3n) is 5.12. The van der Waals surface area contributed by atoms with Crippen LogP contribution in [-0.2, 0) is 19.4 Å². The lowest BCUT2D eigenvalue weighted by Gasteiger charge is -2.30. The summed E-state index contributed by atoms with van der Waals surface area (Å²) in [5.74, 6) is -0.310. The maximum absolute atomic E-state index is 13.0. The average Bonchev–Trinajstić information content (AvgIpc) is 2.98. The number of rotatable bonds is 4. The first kappa shape index (κ1) is 19.5. The molecule has 0 N–H and O–H groups in total. The molecule has 0 bridgehead atoms. The van der Waals surface area contributed by atoms with Crippen LogP contribution in [0, 0.1) is 13.8 Å². The van der Waals surface area contributed by atoms with Crippen LogP contribution < -0.4 is 5.01 Å². The minimum Gasteiger partial charge on any atom is -0.334 e. The van der Waals surface area contributed by atoms with E-state index in [1.807, 2.05) is 39.0 Å². The third kappa shape index (κ3) is 4.05. The summed E-state index contributed by atoms with van der Waals surface area (Å²) < 4.78 is 23.6. The standard InChI is InChI=1S/C19H25N3O4S/c1-4-21(15-9-10-27(25,26)12-15)19(24)16-7-8-18(23)22(20-16)17-11-13(2)5-6-14(17)3/h5-6,11,15H,4,7-10,12H2,1-3H3/t15-/m0/s1. The van der Waals surface area contributed by atoms with E-state index >= 15 is 0 Å². The molecule has 1 saturated heterocycles. The average molecular weight is 391 g/mol. The lowest BCUT2D eigenvalue weighted by molar-refractivity contribution is -0.125. The molecule has 2 aliphatic rings. The molecular formula is C19H25N3O4S. The SMILES string of the molecule is CCN(C(=O)C1=NN(c2cc(C)ccc2C)C(=O)CC1)[C@H]1CCS(=O)(=O)C1. The summed E-state index contributed by atoms with van der Waals surface area (Å²) in [6, 6.07) is 5.45. The van der Waals surface area contributed by atoms with Gasteiger partial charge in [-0.2, -0.15) is 5.10 Å². The number of nitrogens with zero attached hydrogens (tertiary/aromatic N) is 3. The van der Waals surface area contributed by atoms with Crippen molar-refractivity contribution in [2.75, 3.05) is 23.1 Å². The van der Waals surface area contributed by atoms with Crippen molar-refractivity contribution in [3.05, 3.63) is 29.3 Å². The minimum absolute atomic E-state index is 0.000503. The van der Waals surface area contributed by atoms with Gasteiger partial charge in [-0.1, -0.05) is 12.1 Å². The van der Waals surface area contributed by atoms with E-state index in [0.29, 0.717) is 24.4 Å². The monoisotopic (exact) mass is 391 g/mol. The van der Waals surface area contributed by atoms with Gasteiger partial charge in [0.05, 0.1) is 17.2 Å². The van der Waals surface area contributed by atoms with Crippen molar-refractivity contribution in [1.29, 1.82) is 0 Å². The molecule has 7 nitrogen and oxygen atoms in total. The van der Waals surface area contributed by atoms with Crippen LogP contribution in [0.1, 0.15) is 37.3 Å². The van der Waals surface area contributed by atoms with Crippen LogP contribution in [0.5, 0.6) is 0 Å². The molecular weight excluding hydrogens is 366 g/mol.